The van der Waals surface area contributed by atoms with E-state index in [1.807, 2.05) is 25.1 Å². The fourth-order valence-corrected chi connectivity index (χ4v) is 2.93. The lowest BCUT2D eigenvalue weighted by molar-refractivity contribution is 0.415. The molecule has 0 aliphatic carbocycles. The van der Waals surface area contributed by atoms with Crippen LogP contribution in [0.3, 0.4) is 0 Å². The molecular formula is C18H20FN5. The first kappa shape index (κ1) is 16.3. The average molecular weight is 325 g/mol. The molecule has 5 nitrogen and oxygen atoms in total. The van der Waals surface area contributed by atoms with Crippen molar-refractivity contribution in [3.05, 3.63) is 53.0 Å². The maximum Gasteiger partial charge on any atom is 0.151 e. The van der Waals surface area contributed by atoms with Crippen LogP contribution in [0.2, 0.25) is 0 Å². The highest BCUT2D eigenvalue weighted by Crippen LogP contribution is 2.18. The second-order valence-corrected chi connectivity index (χ2v) is 6.12. The van der Waals surface area contributed by atoms with Crippen LogP contribution < -0.4 is 10.2 Å². The predicted molar refractivity (Wildman–Crippen MR) is 90.0 cm³/mol. The van der Waals surface area contributed by atoms with Crippen molar-refractivity contribution >= 4 is 5.82 Å². The molecular weight excluding hydrogens is 305 g/mol. The van der Waals surface area contributed by atoms with Crippen LogP contribution in [-0.2, 0) is 6.54 Å². The van der Waals surface area contributed by atoms with Gasteiger partial charge in [-0.05, 0) is 44.0 Å². The summed E-state index contributed by atoms with van der Waals surface area (Å²) in [5.74, 6) is 0.551. The van der Waals surface area contributed by atoms with E-state index in [4.69, 9.17) is 5.26 Å². The molecule has 2 heterocycles. The van der Waals surface area contributed by atoms with Gasteiger partial charge in [-0.1, -0.05) is 6.07 Å². The molecule has 0 saturated carbocycles. The van der Waals surface area contributed by atoms with E-state index >= 15 is 0 Å². The van der Waals surface area contributed by atoms with Crippen LogP contribution in [-0.4, -0.2) is 29.3 Å². The van der Waals surface area contributed by atoms with Gasteiger partial charge in [0.25, 0.3) is 0 Å². The Labute approximate surface area is 141 Å². The van der Waals surface area contributed by atoms with Gasteiger partial charge in [-0.3, -0.25) is 0 Å². The van der Waals surface area contributed by atoms with Crippen LogP contribution in [0.15, 0.2) is 30.3 Å². The number of aryl methyl sites for hydroxylation is 1. The summed E-state index contributed by atoms with van der Waals surface area (Å²) >= 11 is 0. The van der Waals surface area contributed by atoms with Crippen LogP contribution in [0.25, 0.3) is 0 Å². The molecule has 3 rings (SSSR count). The molecule has 0 bridgehead atoms. The number of benzene rings is 1. The zero-order chi connectivity index (χ0) is 16.9. The molecule has 1 aromatic carbocycles. The number of nitrogens with zero attached hydrogens (tertiary/aromatic N) is 4. The summed E-state index contributed by atoms with van der Waals surface area (Å²) in [6, 6.07) is 10.8. The van der Waals surface area contributed by atoms with Crippen LogP contribution in [0.5, 0.6) is 0 Å². The maximum atomic E-state index is 14.0. The summed E-state index contributed by atoms with van der Waals surface area (Å²) in [6.07, 6.45) is 2.11. The van der Waals surface area contributed by atoms with E-state index in [0.29, 0.717) is 17.7 Å². The Morgan fingerprint density at radius 3 is 2.92 bits per heavy atom. The molecule has 124 valence electrons. The van der Waals surface area contributed by atoms with Gasteiger partial charge >= 0.3 is 0 Å². The quantitative estimate of drug-likeness (QED) is 0.936. The Bertz CT molecular complexity index is 738. The normalized spacial score (nSPS) is 17.5. The minimum atomic E-state index is -0.335. The predicted octanol–water partition coefficient (Wildman–Crippen LogP) is 2.55. The topological polar surface area (TPSA) is 64.8 Å². The van der Waals surface area contributed by atoms with Gasteiger partial charge in [0.15, 0.2) is 5.82 Å². The Hall–Kier alpha value is -2.52. The first-order valence-electron chi connectivity index (χ1n) is 8.13. The van der Waals surface area contributed by atoms with E-state index in [1.165, 1.54) is 6.07 Å². The Kier molecular flexibility index (Phi) is 5.02. The van der Waals surface area contributed by atoms with Gasteiger partial charge in [0.2, 0.25) is 0 Å². The van der Waals surface area contributed by atoms with Crippen molar-refractivity contribution in [3.8, 4) is 6.07 Å². The number of nitriles is 1. The monoisotopic (exact) mass is 325 g/mol. The number of halogens is 1. The molecule has 1 aliphatic heterocycles. The van der Waals surface area contributed by atoms with Crippen LogP contribution in [0, 0.1) is 24.1 Å². The molecule has 0 spiro atoms. The summed E-state index contributed by atoms with van der Waals surface area (Å²) in [5.41, 5.74) is 1.83. The molecule has 24 heavy (non-hydrogen) atoms. The summed E-state index contributed by atoms with van der Waals surface area (Å²) in [4.78, 5) is 2.21. The van der Waals surface area contributed by atoms with E-state index in [2.05, 4.69) is 20.4 Å². The number of hydrogen-bond donors (Lipinski definition) is 1. The van der Waals surface area contributed by atoms with E-state index in [-0.39, 0.29) is 11.9 Å². The van der Waals surface area contributed by atoms with Gasteiger partial charge in [0.05, 0.1) is 17.3 Å². The number of piperidine rings is 1. The molecule has 0 amide bonds. The van der Waals surface area contributed by atoms with Crippen LogP contribution in [0.1, 0.15) is 29.7 Å². The molecule has 1 aromatic heterocycles. The molecule has 1 unspecified atom stereocenters. The number of rotatable bonds is 4. The minimum Gasteiger partial charge on any atom is -0.354 e. The molecule has 2 aromatic rings. The summed E-state index contributed by atoms with van der Waals surface area (Å²) in [6.45, 7) is 4.16. The first-order chi connectivity index (χ1) is 11.7. The van der Waals surface area contributed by atoms with E-state index < -0.39 is 0 Å². The third kappa shape index (κ3) is 3.87. The van der Waals surface area contributed by atoms with E-state index in [9.17, 15) is 4.39 Å². The highest BCUT2D eigenvalue weighted by atomic mass is 19.1. The van der Waals surface area contributed by atoms with Gasteiger partial charge < -0.3 is 10.2 Å². The lowest BCUT2D eigenvalue weighted by atomic mass is 10.0. The molecule has 0 radical (unpaired) electrons. The van der Waals surface area contributed by atoms with E-state index in [1.54, 1.807) is 12.1 Å². The van der Waals surface area contributed by atoms with Gasteiger partial charge in [-0.2, -0.15) is 10.4 Å². The largest absolute Gasteiger partial charge is 0.354 e. The zero-order valence-corrected chi connectivity index (χ0v) is 13.7. The van der Waals surface area contributed by atoms with Crippen LogP contribution >= 0.6 is 0 Å². The molecule has 6 heteroatoms. The van der Waals surface area contributed by atoms with Crippen molar-refractivity contribution in [1.29, 1.82) is 5.26 Å². The number of hydrogen-bond acceptors (Lipinski definition) is 5. The minimum absolute atomic E-state index is 0.275. The smallest absolute Gasteiger partial charge is 0.151 e. The van der Waals surface area contributed by atoms with Gasteiger partial charge in [0, 0.05) is 31.2 Å². The molecule has 1 fully saturated rings. The number of aromatic nitrogens is 2. The third-order valence-electron chi connectivity index (χ3n) is 4.29. The lowest BCUT2D eigenvalue weighted by Crippen LogP contribution is -2.46. The Morgan fingerprint density at radius 2 is 2.21 bits per heavy atom. The van der Waals surface area contributed by atoms with Gasteiger partial charge in [0.1, 0.15) is 5.82 Å². The van der Waals surface area contributed by atoms with Crippen LogP contribution in [0.4, 0.5) is 10.2 Å². The van der Waals surface area contributed by atoms with Crippen molar-refractivity contribution in [2.45, 2.75) is 32.4 Å². The summed E-state index contributed by atoms with van der Waals surface area (Å²) < 4.78 is 14.0. The second kappa shape index (κ2) is 7.37. The first-order valence-corrected chi connectivity index (χ1v) is 8.13. The summed E-state index contributed by atoms with van der Waals surface area (Å²) in [7, 11) is 0. The zero-order valence-electron chi connectivity index (χ0n) is 13.7. The number of nitrogens with one attached hydrogen (secondary N) is 1. The fraction of sp³-hybridized carbons (Fsp3) is 0.389. The van der Waals surface area contributed by atoms with Crippen molar-refractivity contribution in [3.63, 3.8) is 0 Å². The fourth-order valence-electron chi connectivity index (χ4n) is 2.93. The average Bonchev–Trinajstić information content (AvgIpc) is 2.61. The molecule has 1 N–H and O–H groups in total. The summed E-state index contributed by atoms with van der Waals surface area (Å²) in [5, 5.41) is 20.6. The third-order valence-corrected chi connectivity index (χ3v) is 4.29. The Morgan fingerprint density at radius 1 is 1.33 bits per heavy atom. The molecule has 1 aliphatic rings. The van der Waals surface area contributed by atoms with Crippen molar-refractivity contribution < 1.29 is 4.39 Å². The van der Waals surface area contributed by atoms with Gasteiger partial charge in [-0.25, -0.2) is 4.39 Å². The van der Waals surface area contributed by atoms with Crippen molar-refractivity contribution in [2.75, 3.05) is 18.0 Å². The lowest BCUT2D eigenvalue weighted by Gasteiger charge is -2.33. The van der Waals surface area contributed by atoms with Crippen molar-refractivity contribution in [1.82, 2.24) is 15.5 Å². The standard InChI is InChI=1S/C18H20FN5/c1-13-4-7-18(23-22-13)24-8-2-3-16(12-24)21-11-15-6-5-14(10-20)9-17(15)19/h4-7,9,16,21H,2-3,8,11-12H2,1H3. The van der Waals surface area contributed by atoms with E-state index in [0.717, 1.165) is 37.4 Å². The van der Waals surface area contributed by atoms with Gasteiger partial charge in [-0.15, -0.1) is 5.10 Å². The highest BCUT2D eigenvalue weighted by Gasteiger charge is 2.21. The van der Waals surface area contributed by atoms with Crippen molar-refractivity contribution in [2.24, 2.45) is 0 Å². The SMILES string of the molecule is Cc1ccc(N2CCCC(NCc3ccc(C#N)cc3F)C2)nn1. The second-order valence-electron chi connectivity index (χ2n) is 6.12. The Balaban J connectivity index is 1.59. The maximum absolute atomic E-state index is 14.0. The molecule has 1 atom stereocenters. The molecule has 1 saturated heterocycles. The highest BCUT2D eigenvalue weighted by molar-refractivity contribution is 5.38. The number of anilines is 1.